The van der Waals surface area contributed by atoms with Crippen molar-refractivity contribution in [3.8, 4) is 0 Å². The average molecular weight is 409 g/mol. The molecule has 2 N–H and O–H groups in total. The van der Waals surface area contributed by atoms with Gasteiger partial charge in [-0.05, 0) is 55.3 Å². The van der Waals surface area contributed by atoms with Gasteiger partial charge in [-0.15, -0.1) is 0 Å². The van der Waals surface area contributed by atoms with Gasteiger partial charge in [0.15, 0.2) is 15.8 Å². The molecule has 28 heavy (non-hydrogen) atoms. The number of nitrogens with one attached hydrogen (secondary N) is 2. The van der Waals surface area contributed by atoms with E-state index in [1.54, 1.807) is 19.2 Å². The highest BCUT2D eigenvalue weighted by molar-refractivity contribution is 7.90. The van der Waals surface area contributed by atoms with E-state index < -0.39 is 9.84 Å². The Labute approximate surface area is 170 Å². The van der Waals surface area contributed by atoms with Gasteiger partial charge in [-0.2, -0.15) is 0 Å². The summed E-state index contributed by atoms with van der Waals surface area (Å²) in [7, 11) is -1.35. The summed E-state index contributed by atoms with van der Waals surface area (Å²) in [5, 5.41) is 6.70. The molecule has 1 aromatic carbocycles. The Morgan fingerprint density at radius 1 is 1.11 bits per heavy atom. The van der Waals surface area contributed by atoms with Crippen molar-refractivity contribution >= 4 is 15.8 Å². The van der Waals surface area contributed by atoms with Crippen LogP contribution in [0.25, 0.3) is 0 Å². The number of likely N-dealkylation sites (tertiary alicyclic amines) is 1. The second-order valence-electron chi connectivity index (χ2n) is 8.15. The highest BCUT2D eigenvalue weighted by Crippen LogP contribution is 2.20. The van der Waals surface area contributed by atoms with Crippen LogP contribution in [0.5, 0.6) is 0 Å². The molecule has 7 heteroatoms. The number of aliphatic imine (C=N–C) groups is 1. The van der Waals surface area contributed by atoms with E-state index in [0.29, 0.717) is 4.90 Å². The van der Waals surface area contributed by atoms with Gasteiger partial charge in [0.1, 0.15) is 0 Å². The van der Waals surface area contributed by atoms with Crippen molar-refractivity contribution in [1.29, 1.82) is 0 Å². The van der Waals surface area contributed by atoms with Gasteiger partial charge in [-0.3, -0.25) is 4.99 Å². The van der Waals surface area contributed by atoms with Crippen LogP contribution in [0.15, 0.2) is 34.2 Å². The molecule has 1 aromatic rings. The van der Waals surface area contributed by atoms with Gasteiger partial charge in [-0.1, -0.05) is 26.0 Å². The number of guanidine groups is 1. The maximum Gasteiger partial charge on any atom is 0.190 e. The van der Waals surface area contributed by atoms with Crippen LogP contribution in [-0.2, 0) is 16.3 Å². The predicted octanol–water partition coefficient (Wildman–Crippen LogP) is 2.17. The molecule has 0 spiro atoms. The van der Waals surface area contributed by atoms with E-state index in [1.807, 2.05) is 12.1 Å². The molecule has 6 nitrogen and oxygen atoms in total. The number of hydrogen-bond donors (Lipinski definition) is 2. The van der Waals surface area contributed by atoms with Crippen molar-refractivity contribution in [3.63, 3.8) is 0 Å². The van der Waals surface area contributed by atoms with Crippen LogP contribution in [0.4, 0.5) is 0 Å². The van der Waals surface area contributed by atoms with Gasteiger partial charge in [-0.25, -0.2) is 8.42 Å². The molecule has 1 heterocycles. The first-order chi connectivity index (χ1) is 13.3. The SMILES string of the molecule is CN=C(NCCCN1CC(C)CC(C)C1)NCCc1ccc(S(C)(=O)=O)cc1. The Hall–Kier alpha value is -1.60. The number of piperidine rings is 1. The Bertz CT molecular complexity index is 721. The molecule has 0 aromatic heterocycles. The van der Waals surface area contributed by atoms with Crippen LogP contribution < -0.4 is 10.6 Å². The van der Waals surface area contributed by atoms with E-state index >= 15 is 0 Å². The Balaban J connectivity index is 1.65. The minimum atomic E-state index is -3.13. The fourth-order valence-electron chi connectivity index (χ4n) is 3.93. The molecule has 0 aliphatic carbocycles. The molecule has 1 aliphatic rings. The standard InChI is InChI=1S/C21H36N4O2S/c1-17-14-18(2)16-25(15-17)13-5-11-23-21(22-3)24-12-10-19-6-8-20(9-7-19)28(4,26)27/h6-9,17-18H,5,10-16H2,1-4H3,(H2,22,23,24). The second-order valence-corrected chi connectivity index (χ2v) is 10.2. The van der Waals surface area contributed by atoms with Gasteiger partial charge < -0.3 is 15.5 Å². The Morgan fingerprint density at radius 3 is 2.29 bits per heavy atom. The second kappa shape index (κ2) is 10.8. The maximum absolute atomic E-state index is 11.5. The summed E-state index contributed by atoms with van der Waals surface area (Å²) in [5.74, 6) is 2.42. The molecule has 1 saturated heterocycles. The number of nitrogens with zero attached hydrogens (tertiary/aromatic N) is 2. The lowest BCUT2D eigenvalue weighted by molar-refractivity contribution is 0.140. The predicted molar refractivity (Wildman–Crippen MR) is 117 cm³/mol. The average Bonchev–Trinajstić information content (AvgIpc) is 2.62. The summed E-state index contributed by atoms with van der Waals surface area (Å²) < 4.78 is 23.0. The number of benzene rings is 1. The molecule has 0 saturated carbocycles. The maximum atomic E-state index is 11.5. The van der Waals surface area contributed by atoms with Gasteiger partial charge in [0.25, 0.3) is 0 Å². The van der Waals surface area contributed by atoms with Crippen LogP contribution >= 0.6 is 0 Å². The molecule has 0 bridgehead atoms. The van der Waals surface area contributed by atoms with Gasteiger partial charge in [0.2, 0.25) is 0 Å². The van der Waals surface area contributed by atoms with E-state index in [1.165, 1.54) is 25.8 Å². The lowest BCUT2D eigenvalue weighted by atomic mass is 9.92. The minimum absolute atomic E-state index is 0.360. The lowest BCUT2D eigenvalue weighted by Crippen LogP contribution is -2.42. The molecule has 158 valence electrons. The molecule has 2 atom stereocenters. The zero-order valence-corrected chi connectivity index (χ0v) is 18.6. The fraction of sp³-hybridized carbons (Fsp3) is 0.667. The van der Waals surface area contributed by atoms with Crippen molar-refractivity contribution in [2.75, 3.05) is 46.0 Å². The summed E-state index contributed by atoms with van der Waals surface area (Å²) >= 11 is 0. The van der Waals surface area contributed by atoms with E-state index in [0.717, 1.165) is 55.8 Å². The Morgan fingerprint density at radius 2 is 1.71 bits per heavy atom. The summed E-state index contributed by atoms with van der Waals surface area (Å²) in [6.07, 6.45) is 4.50. The largest absolute Gasteiger partial charge is 0.356 e. The van der Waals surface area contributed by atoms with Crippen LogP contribution in [0.2, 0.25) is 0 Å². The quantitative estimate of drug-likeness (QED) is 0.392. The Kier molecular flexibility index (Phi) is 8.76. The smallest absolute Gasteiger partial charge is 0.190 e. The fourth-order valence-corrected chi connectivity index (χ4v) is 4.56. The monoisotopic (exact) mass is 408 g/mol. The number of rotatable bonds is 8. The lowest BCUT2D eigenvalue weighted by Gasteiger charge is -2.35. The first kappa shape index (κ1) is 22.7. The topological polar surface area (TPSA) is 73.8 Å². The van der Waals surface area contributed by atoms with E-state index in [-0.39, 0.29) is 0 Å². The molecular formula is C21H36N4O2S. The molecule has 2 rings (SSSR count). The van der Waals surface area contributed by atoms with Crippen molar-refractivity contribution < 1.29 is 8.42 Å². The zero-order valence-electron chi connectivity index (χ0n) is 17.7. The van der Waals surface area contributed by atoms with E-state index in [4.69, 9.17) is 0 Å². The van der Waals surface area contributed by atoms with Gasteiger partial charge >= 0.3 is 0 Å². The molecule has 0 amide bonds. The van der Waals surface area contributed by atoms with Crippen molar-refractivity contribution in [1.82, 2.24) is 15.5 Å². The molecule has 1 fully saturated rings. The molecular weight excluding hydrogens is 372 g/mol. The highest BCUT2D eigenvalue weighted by atomic mass is 32.2. The first-order valence-corrected chi connectivity index (χ1v) is 12.1. The van der Waals surface area contributed by atoms with Crippen molar-refractivity contribution in [3.05, 3.63) is 29.8 Å². The number of sulfone groups is 1. The highest BCUT2D eigenvalue weighted by Gasteiger charge is 2.20. The molecule has 1 aliphatic heterocycles. The van der Waals surface area contributed by atoms with Crippen LogP contribution in [0.3, 0.4) is 0 Å². The van der Waals surface area contributed by atoms with Crippen molar-refractivity contribution in [2.45, 2.75) is 38.0 Å². The zero-order chi connectivity index (χ0) is 20.6. The summed E-state index contributed by atoms with van der Waals surface area (Å²) in [5.41, 5.74) is 1.10. The third-order valence-corrected chi connectivity index (χ3v) is 6.30. The van der Waals surface area contributed by atoms with E-state index in [2.05, 4.69) is 34.4 Å². The van der Waals surface area contributed by atoms with Crippen LogP contribution in [-0.4, -0.2) is 65.3 Å². The summed E-state index contributed by atoms with van der Waals surface area (Å²) in [6.45, 7) is 9.92. The van der Waals surface area contributed by atoms with Crippen LogP contribution in [0.1, 0.15) is 32.3 Å². The van der Waals surface area contributed by atoms with Gasteiger partial charge in [0, 0.05) is 39.5 Å². The summed E-state index contributed by atoms with van der Waals surface area (Å²) in [4.78, 5) is 7.22. The molecule has 2 unspecified atom stereocenters. The van der Waals surface area contributed by atoms with E-state index in [9.17, 15) is 8.42 Å². The molecule has 0 radical (unpaired) electrons. The minimum Gasteiger partial charge on any atom is -0.356 e. The van der Waals surface area contributed by atoms with Crippen molar-refractivity contribution in [2.24, 2.45) is 16.8 Å². The van der Waals surface area contributed by atoms with Crippen LogP contribution in [0, 0.1) is 11.8 Å². The van der Waals surface area contributed by atoms with Gasteiger partial charge in [0.05, 0.1) is 4.90 Å². The normalized spacial score (nSPS) is 21.5. The summed E-state index contributed by atoms with van der Waals surface area (Å²) in [6, 6.07) is 7.07. The third-order valence-electron chi connectivity index (χ3n) is 5.17. The third kappa shape index (κ3) is 7.80. The first-order valence-electron chi connectivity index (χ1n) is 10.2. The number of hydrogen-bond acceptors (Lipinski definition) is 4.